The summed E-state index contributed by atoms with van der Waals surface area (Å²) in [4.78, 5) is 16.0. The van der Waals surface area contributed by atoms with Gasteiger partial charge in [0.2, 0.25) is 0 Å². The summed E-state index contributed by atoms with van der Waals surface area (Å²) in [6, 6.07) is 66.3. The number of rotatable bonds is 4. The Morgan fingerprint density at radius 1 is 0.298 bits per heavy atom. The van der Waals surface area contributed by atoms with E-state index in [0.29, 0.717) is 17.5 Å². The molecule has 0 radical (unpaired) electrons. The normalized spacial score (nSPS) is 11.9. The van der Waals surface area contributed by atoms with Gasteiger partial charge >= 0.3 is 0 Å². The molecule has 0 atom stereocenters. The average molecular weight is 726 g/mol. The van der Waals surface area contributed by atoms with Crippen LogP contribution >= 0.6 is 0 Å². The Hall–Kier alpha value is -7.69. The van der Waals surface area contributed by atoms with Crippen LogP contribution in [0.15, 0.2) is 192 Å². The lowest BCUT2D eigenvalue weighted by Gasteiger charge is -2.14. The van der Waals surface area contributed by atoms with Gasteiger partial charge in [-0.15, -0.1) is 0 Å². The summed E-state index contributed by atoms with van der Waals surface area (Å²) in [7, 11) is 0. The zero-order valence-corrected chi connectivity index (χ0v) is 30.6. The molecule has 12 rings (SSSR count). The van der Waals surface area contributed by atoms with Gasteiger partial charge in [0, 0.05) is 32.8 Å². The second kappa shape index (κ2) is 12.4. The lowest BCUT2D eigenvalue weighted by atomic mass is 9.94. The maximum Gasteiger partial charge on any atom is 0.164 e. The Labute approximate surface area is 327 Å². The highest BCUT2D eigenvalue weighted by atomic mass is 16.3. The molecule has 12 aromatic rings. The molecule has 10 aromatic carbocycles. The van der Waals surface area contributed by atoms with E-state index < -0.39 is 0 Å². The second-order valence-electron chi connectivity index (χ2n) is 14.8. The number of hydrogen-bond donors (Lipinski definition) is 0. The highest BCUT2D eigenvalue weighted by Gasteiger charge is 2.22. The van der Waals surface area contributed by atoms with Gasteiger partial charge in [-0.1, -0.05) is 152 Å². The Balaban J connectivity index is 1.20. The fraction of sp³-hybridized carbons (Fsp3) is 0. The van der Waals surface area contributed by atoms with E-state index in [4.69, 9.17) is 19.4 Å². The molecule has 0 N–H and O–H groups in total. The summed E-state index contributed by atoms with van der Waals surface area (Å²) in [5.74, 6) is 1.81. The van der Waals surface area contributed by atoms with Crippen LogP contribution in [-0.4, -0.2) is 15.0 Å². The highest BCUT2D eigenvalue weighted by molar-refractivity contribution is 6.27. The van der Waals surface area contributed by atoms with Gasteiger partial charge in [0.15, 0.2) is 17.5 Å². The number of aromatic nitrogens is 3. The summed E-state index contributed by atoms with van der Waals surface area (Å²) in [6.45, 7) is 0. The third-order valence-electron chi connectivity index (χ3n) is 11.4. The van der Waals surface area contributed by atoms with E-state index in [1.807, 2.05) is 0 Å². The van der Waals surface area contributed by atoms with Gasteiger partial charge in [0.05, 0.1) is 0 Å². The molecule has 0 aliphatic heterocycles. The van der Waals surface area contributed by atoms with Gasteiger partial charge in [-0.3, -0.25) is 0 Å². The smallest absolute Gasteiger partial charge is 0.164 e. The molecule has 4 nitrogen and oxygen atoms in total. The molecule has 0 amide bonds. The van der Waals surface area contributed by atoms with Crippen molar-refractivity contribution in [2.75, 3.05) is 0 Å². The Morgan fingerprint density at radius 3 is 1.68 bits per heavy atom. The van der Waals surface area contributed by atoms with E-state index in [9.17, 15) is 0 Å². The van der Waals surface area contributed by atoms with E-state index in [2.05, 4.69) is 188 Å². The zero-order chi connectivity index (χ0) is 37.5. The fourth-order valence-corrected chi connectivity index (χ4v) is 8.67. The van der Waals surface area contributed by atoms with Gasteiger partial charge in [-0.25, -0.2) is 15.0 Å². The van der Waals surface area contributed by atoms with Crippen molar-refractivity contribution in [3.63, 3.8) is 0 Å². The molecule has 0 aliphatic rings. The highest BCUT2D eigenvalue weighted by Crippen LogP contribution is 2.44. The van der Waals surface area contributed by atoms with E-state index in [-0.39, 0.29) is 0 Å². The topological polar surface area (TPSA) is 51.8 Å². The van der Waals surface area contributed by atoms with Crippen molar-refractivity contribution in [2.24, 2.45) is 0 Å². The van der Waals surface area contributed by atoms with Crippen molar-refractivity contribution in [1.29, 1.82) is 0 Å². The largest absolute Gasteiger partial charge is 0.455 e. The van der Waals surface area contributed by atoms with Gasteiger partial charge < -0.3 is 4.42 Å². The average Bonchev–Trinajstić information content (AvgIpc) is 3.65. The van der Waals surface area contributed by atoms with Crippen LogP contribution in [-0.2, 0) is 0 Å². The first-order valence-electron chi connectivity index (χ1n) is 19.3. The summed E-state index contributed by atoms with van der Waals surface area (Å²) in [6.07, 6.45) is 0. The molecule has 0 aliphatic carbocycles. The standard InChI is InChI=1S/C53H31N3O/c1-2-13-33(14-3-1)44-30-41(27-38-19-9-10-20-42(38)44)52-54-51(40-25-22-32-12-4-5-16-35(32)26-40)55-53(56-52)46-29-39-24-23-34-15-8-11-21-43(34)48(39)50-49(46)45-28-36-17-6-7-18-37(36)31-47(45)57-50/h1-31H. The first-order chi connectivity index (χ1) is 28.2. The van der Waals surface area contributed by atoms with E-state index in [1.165, 1.54) is 10.8 Å². The van der Waals surface area contributed by atoms with Crippen molar-refractivity contribution in [2.45, 2.75) is 0 Å². The van der Waals surface area contributed by atoms with Crippen molar-refractivity contribution in [3.05, 3.63) is 188 Å². The van der Waals surface area contributed by atoms with Crippen LogP contribution < -0.4 is 0 Å². The molecular weight excluding hydrogens is 695 g/mol. The van der Waals surface area contributed by atoms with Crippen molar-refractivity contribution >= 4 is 75.8 Å². The molecule has 2 heterocycles. The Kier molecular flexibility index (Phi) is 6.89. The van der Waals surface area contributed by atoms with Crippen LogP contribution in [0.2, 0.25) is 0 Å². The Bertz CT molecular complexity index is 3590. The molecule has 57 heavy (non-hydrogen) atoms. The minimum absolute atomic E-state index is 0.591. The molecule has 2 aromatic heterocycles. The second-order valence-corrected chi connectivity index (χ2v) is 14.8. The summed E-state index contributed by atoms with van der Waals surface area (Å²) < 4.78 is 6.96. The van der Waals surface area contributed by atoms with E-state index >= 15 is 0 Å². The van der Waals surface area contributed by atoms with Crippen LogP contribution in [0.3, 0.4) is 0 Å². The fourth-order valence-electron chi connectivity index (χ4n) is 8.67. The van der Waals surface area contributed by atoms with Crippen LogP contribution in [0.5, 0.6) is 0 Å². The van der Waals surface area contributed by atoms with Crippen molar-refractivity contribution in [1.82, 2.24) is 15.0 Å². The van der Waals surface area contributed by atoms with Gasteiger partial charge in [0.1, 0.15) is 11.2 Å². The summed E-state index contributed by atoms with van der Waals surface area (Å²) in [5, 5.41) is 13.3. The van der Waals surface area contributed by atoms with Crippen LogP contribution in [0.1, 0.15) is 0 Å². The first-order valence-corrected chi connectivity index (χ1v) is 19.3. The molecule has 0 unspecified atom stereocenters. The van der Waals surface area contributed by atoms with Crippen LogP contribution in [0, 0.1) is 0 Å². The molecule has 4 heteroatoms. The van der Waals surface area contributed by atoms with Gasteiger partial charge in [0.25, 0.3) is 0 Å². The first kappa shape index (κ1) is 31.6. The predicted molar refractivity (Wildman–Crippen MR) is 236 cm³/mol. The molecular formula is C53H31N3O. The van der Waals surface area contributed by atoms with Crippen molar-refractivity contribution < 1.29 is 4.42 Å². The molecule has 0 spiro atoms. The number of benzene rings is 10. The lowest BCUT2D eigenvalue weighted by Crippen LogP contribution is -2.01. The summed E-state index contributed by atoms with van der Waals surface area (Å²) >= 11 is 0. The lowest BCUT2D eigenvalue weighted by molar-refractivity contribution is 0.673. The third-order valence-corrected chi connectivity index (χ3v) is 11.4. The third kappa shape index (κ3) is 5.12. The van der Waals surface area contributed by atoms with E-state index in [0.717, 1.165) is 92.8 Å². The van der Waals surface area contributed by atoms with Gasteiger partial charge in [-0.05, 0) is 96.0 Å². The van der Waals surface area contributed by atoms with Crippen molar-refractivity contribution in [3.8, 4) is 45.3 Å². The predicted octanol–water partition coefficient (Wildman–Crippen LogP) is 14.2. The van der Waals surface area contributed by atoms with Crippen LogP contribution in [0.25, 0.3) is 121 Å². The van der Waals surface area contributed by atoms with E-state index in [1.54, 1.807) is 0 Å². The summed E-state index contributed by atoms with van der Waals surface area (Å²) in [5.41, 5.74) is 6.67. The number of hydrogen-bond acceptors (Lipinski definition) is 4. The quantitative estimate of drug-likeness (QED) is 0.170. The number of fused-ring (bicyclic) bond motifs is 10. The Morgan fingerprint density at radius 2 is 0.877 bits per heavy atom. The minimum atomic E-state index is 0.591. The van der Waals surface area contributed by atoms with Gasteiger partial charge in [-0.2, -0.15) is 0 Å². The SMILES string of the molecule is c1ccc(-c2cc(-c3nc(-c4ccc5ccccc5c4)nc(-c4cc5ccc6ccccc6c5c5oc6cc7ccccc7cc6c45)n3)cc3ccccc23)cc1. The molecule has 0 saturated heterocycles. The monoisotopic (exact) mass is 725 g/mol. The maximum atomic E-state index is 6.96. The van der Waals surface area contributed by atoms with Crippen LogP contribution in [0.4, 0.5) is 0 Å². The molecule has 0 bridgehead atoms. The minimum Gasteiger partial charge on any atom is -0.455 e. The molecule has 264 valence electrons. The molecule has 0 fully saturated rings. The maximum absolute atomic E-state index is 6.96. The number of furan rings is 1. The zero-order valence-electron chi connectivity index (χ0n) is 30.6. The molecule has 0 saturated carbocycles. The number of nitrogens with zero attached hydrogens (tertiary/aromatic N) is 3.